The van der Waals surface area contributed by atoms with Gasteiger partial charge in [0, 0.05) is 24.1 Å². The van der Waals surface area contributed by atoms with Crippen LogP contribution in [0.1, 0.15) is 68.1 Å². The van der Waals surface area contributed by atoms with Gasteiger partial charge in [-0.15, -0.1) is 0 Å². The third-order valence-corrected chi connectivity index (χ3v) is 3.85. The molecule has 1 unspecified atom stereocenters. The van der Waals surface area contributed by atoms with Gasteiger partial charge in [0.2, 0.25) is 0 Å². The first kappa shape index (κ1) is 11.6. The van der Waals surface area contributed by atoms with Crippen LogP contribution in [0.15, 0.2) is 0 Å². The molecule has 1 aromatic heterocycles. The van der Waals surface area contributed by atoms with E-state index in [1.54, 1.807) is 0 Å². The number of nitrogens with zero attached hydrogens (tertiary/aromatic N) is 1. The molecule has 1 heterocycles. The van der Waals surface area contributed by atoms with E-state index in [1.165, 1.54) is 37.1 Å². The minimum Gasteiger partial charge on any atom is -0.346 e. The van der Waals surface area contributed by atoms with Gasteiger partial charge in [-0.2, -0.15) is 0 Å². The second kappa shape index (κ2) is 5.00. The summed E-state index contributed by atoms with van der Waals surface area (Å²) in [5.74, 6) is 2.19. The lowest BCUT2D eigenvalue weighted by molar-refractivity contribution is 0.630. The standard InChI is InChI=1S/C13H23N3/c1-3-10(8-14)13-15-9(2)12(16-13)11-6-4-5-7-11/h10-11H,3-8,14H2,1-2H3,(H,15,16). The molecular weight excluding hydrogens is 198 g/mol. The third-order valence-electron chi connectivity index (χ3n) is 3.85. The number of aryl methyl sites for hydroxylation is 1. The number of imidazole rings is 1. The molecule has 90 valence electrons. The molecule has 0 amide bonds. The van der Waals surface area contributed by atoms with E-state index >= 15 is 0 Å². The second-order valence-electron chi connectivity index (χ2n) is 4.95. The number of nitrogens with one attached hydrogen (secondary N) is 1. The van der Waals surface area contributed by atoms with Crippen LogP contribution in [0.3, 0.4) is 0 Å². The van der Waals surface area contributed by atoms with Crippen molar-refractivity contribution in [3.63, 3.8) is 0 Å². The van der Waals surface area contributed by atoms with Crippen LogP contribution in [0.2, 0.25) is 0 Å². The van der Waals surface area contributed by atoms with E-state index in [1.807, 2.05) is 0 Å². The van der Waals surface area contributed by atoms with E-state index in [4.69, 9.17) is 10.7 Å². The van der Waals surface area contributed by atoms with Gasteiger partial charge in [0.15, 0.2) is 0 Å². The maximum absolute atomic E-state index is 5.77. The van der Waals surface area contributed by atoms with Crippen LogP contribution in [0.25, 0.3) is 0 Å². The molecule has 0 aromatic carbocycles. The maximum Gasteiger partial charge on any atom is 0.110 e. The monoisotopic (exact) mass is 221 g/mol. The van der Waals surface area contributed by atoms with Crippen molar-refractivity contribution in [2.24, 2.45) is 5.73 Å². The summed E-state index contributed by atoms with van der Waals surface area (Å²) in [6, 6.07) is 0. The summed E-state index contributed by atoms with van der Waals surface area (Å²) in [5.41, 5.74) is 8.33. The van der Waals surface area contributed by atoms with Crippen molar-refractivity contribution < 1.29 is 0 Å². The van der Waals surface area contributed by atoms with Gasteiger partial charge < -0.3 is 10.7 Å². The van der Waals surface area contributed by atoms with Crippen LogP contribution in [-0.2, 0) is 0 Å². The van der Waals surface area contributed by atoms with Crippen molar-refractivity contribution in [1.82, 2.24) is 9.97 Å². The molecular formula is C13H23N3. The topological polar surface area (TPSA) is 54.7 Å². The first-order valence-corrected chi connectivity index (χ1v) is 6.52. The highest BCUT2D eigenvalue weighted by Gasteiger charge is 2.23. The fourth-order valence-electron chi connectivity index (χ4n) is 2.76. The fourth-order valence-corrected chi connectivity index (χ4v) is 2.76. The molecule has 0 aliphatic heterocycles. The molecule has 3 heteroatoms. The smallest absolute Gasteiger partial charge is 0.110 e. The Kier molecular flexibility index (Phi) is 3.64. The minimum atomic E-state index is 0.397. The van der Waals surface area contributed by atoms with Gasteiger partial charge in [-0.3, -0.25) is 0 Å². The van der Waals surface area contributed by atoms with Crippen LogP contribution in [0.4, 0.5) is 0 Å². The van der Waals surface area contributed by atoms with Gasteiger partial charge >= 0.3 is 0 Å². The Bertz CT molecular complexity index is 333. The number of nitrogens with two attached hydrogens (primary N) is 1. The van der Waals surface area contributed by atoms with Crippen molar-refractivity contribution in [3.05, 3.63) is 17.2 Å². The summed E-state index contributed by atoms with van der Waals surface area (Å²) in [6.45, 7) is 5.01. The van der Waals surface area contributed by atoms with Gasteiger partial charge in [-0.1, -0.05) is 19.8 Å². The molecule has 0 radical (unpaired) electrons. The summed E-state index contributed by atoms with van der Waals surface area (Å²) in [4.78, 5) is 8.23. The van der Waals surface area contributed by atoms with E-state index in [0.717, 1.165) is 12.2 Å². The molecule has 0 bridgehead atoms. The number of hydrogen-bond donors (Lipinski definition) is 2. The highest BCUT2D eigenvalue weighted by atomic mass is 15.0. The van der Waals surface area contributed by atoms with Crippen molar-refractivity contribution in [3.8, 4) is 0 Å². The number of aromatic nitrogens is 2. The number of hydrogen-bond acceptors (Lipinski definition) is 2. The Labute approximate surface area is 97.8 Å². The molecule has 0 spiro atoms. The zero-order chi connectivity index (χ0) is 11.5. The van der Waals surface area contributed by atoms with E-state index in [9.17, 15) is 0 Å². The SMILES string of the molecule is CCC(CN)c1nc(C2CCCC2)c(C)[nH]1. The van der Waals surface area contributed by atoms with Gasteiger partial charge in [-0.05, 0) is 26.2 Å². The maximum atomic E-state index is 5.77. The van der Waals surface area contributed by atoms with Crippen LogP contribution >= 0.6 is 0 Å². The van der Waals surface area contributed by atoms with E-state index < -0.39 is 0 Å². The van der Waals surface area contributed by atoms with E-state index in [-0.39, 0.29) is 0 Å². The molecule has 16 heavy (non-hydrogen) atoms. The third kappa shape index (κ3) is 2.14. The van der Waals surface area contributed by atoms with E-state index in [0.29, 0.717) is 18.4 Å². The molecule has 0 saturated heterocycles. The summed E-state index contributed by atoms with van der Waals surface area (Å²) >= 11 is 0. The summed E-state index contributed by atoms with van der Waals surface area (Å²) in [5, 5.41) is 0. The Morgan fingerprint density at radius 2 is 2.12 bits per heavy atom. The first-order chi connectivity index (χ1) is 7.76. The molecule has 1 aliphatic rings. The Morgan fingerprint density at radius 1 is 1.44 bits per heavy atom. The predicted molar refractivity (Wildman–Crippen MR) is 66.6 cm³/mol. The van der Waals surface area contributed by atoms with Crippen molar-refractivity contribution in [1.29, 1.82) is 0 Å². The fraction of sp³-hybridized carbons (Fsp3) is 0.769. The first-order valence-electron chi connectivity index (χ1n) is 6.52. The van der Waals surface area contributed by atoms with E-state index in [2.05, 4.69) is 18.8 Å². The molecule has 1 fully saturated rings. The van der Waals surface area contributed by atoms with Crippen molar-refractivity contribution in [2.45, 2.75) is 57.8 Å². The summed E-state index contributed by atoms with van der Waals surface area (Å²) < 4.78 is 0. The lowest BCUT2D eigenvalue weighted by atomic mass is 10.0. The van der Waals surface area contributed by atoms with Gasteiger partial charge in [0.1, 0.15) is 5.82 Å². The molecule has 3 nitrogen and oxygen atoms in total. The zero-order valence-corrected chi connectivity index (χ0v) is 10.4. The number of aromatic amines is 1. The van der Waals surface area contributed by atoms with Crippen LogP contribution in [-0.4, -0.2) is 16.5 Å². The lowest BCUT2D eigenvalue weighted by Gasteiger charge is -2.08. The normalized spacial score (nSPS) is 19.2. The Balaban J connectivity index is 2.20. The number of H-pyrrole nitrogens is 1. The van der Waals surface area contributed by atoms with Crippen LogP contribution in [0.5, 0.6) is 0 Å². The highest BCUT2D eigenvalue weighted by Crippen LogP contribution is 2.35. The predicted octanol–water partition coefficient (Wildman–Crippen LogP) is 2.83. The lowest BCUT2D eigenvalue weighted by Crippen LogP contribution is -2.13. The van der Waals surface area contributed by atoms with Crippen LogP contribution in [0, 0.1) is 6.92 Å². The Hall–Kier alpha value is -0.830. The van der Waals surface area contributed by atoms with Crippen LogP contribution < -0.4 is 5.73 Å². The van der Waals surface area contributed by atoms with Gasteiger partial charge in [0.25, 0.3) is 0 Å². The second-order valence-corrected chi connectivity index (χ2v) is 4.95. The Morgan fingerprint density at radius 3 is 2.69 bits per heavy atom. The summed E-state index contributed by atoms with van der Waals surface area (Å²) in [6.07, 6.45) is 6.41. The average molecular weight is 221 g/mol. The number of rotatable bonds is 4. The molecule has 1 atom stereocenters. The molecule has 1 saturated carbocycles. The van der Waals surface area contributed by atoms with Crippen molar-refractivity contribution in [2.75, 3.05) is 6.54 Å². The van der Waals surface area contributed by atoms with Crippen molar-refractivity contribution >= 4 is 0 Å². The molecule has 1 aromatic rings. The zero-order valence-electron chi connectivity index (χ0n) is 10.4. The average Bonchev–Trinajstić information content (AvgIpc) is 2.89. The van der Waals surface area contributed by atoms with Gasteiger partial charge in [0.05, 0.1) is 5.69 Å². The molecule has 2 rings (SSSR count). The quantitative estimate of drug-likeness (QED) is 0.821. The highest BCUT2D eigenvalue weighted by molar-refractivity contribution is 5.20. The molecule has 1 aliphatic carbocycles. The van der Waals surface area contributed by atoms with Gasteiger partial charge in [-0.25, -0.2) is 4.98 Å². The molecule has 3 N–H and O–H groups in total. The minimum absolute atomic E-state index is 0.397. The largest absolute Gasteiger partial charge is 0.346 e. The summed E-state index contributed by atoms with van der Waals surface area (Å²) in [7, 11) is 0.